The van der Waals surface area contributed by atoms with Crippen molar-refractivity contribution in [2.45, 2.75) is 0 Å². The predicted octanol–water partition coefficient (Wildman–Crippen LogP) is 3.72. The van der Waals surface area contributed by atoms with E-state index in [9.17, 15) is 5.26 Å². The van der Waals surface area contributed by atoms with Gasteiger partial charge >= 0.3 is 0 Å². The molecule has 4 nitrogen and oxygen atoms in total. The maximum absolute atomic E-state index is 9.54. The Kier molecular flexibility index (Phi) is 3.25. The van der Waals surface area contributed by atoms with E-state index in [1.54, 1.807) is 14.2 Å². The lowest BCUT2D eigenvalue weighted by Gasteiger charge is -2.06. The zero-order chi connectivity index (χ0) is 14.8. The summed E-state index contributed by atoms with van der Waals surface area (Å²) in [7, 11) is 3.23. The number of aromatic amines is 1. The maximum atomic E-state index is 9.54. The number of methoxy groups -OCH3 is 2. The topological polar surface area (TPSA) is 58.0 Å². The number of hydrogen-bond donors (Lipinski definition) is 1. The molecule has 0 bridgehead atoms. The van der Waals surface area contributed by atoms with Crippen LogP contribution in [-0.4, -0.2) is 19.2 Å². The Morgan fingerprint density at radius 1 is 1.05 bits per heavy atom. The first-order valence-corrected chi connectivity index (χ1v) is 6.51. The molecule has 0 aliphatic heterocycles. The van der Waals surface area contributed by atoms with Crippen molar-refractivity contribution in [2.24, 2.45) is 0 Å². The van der Waals surface area contributed by atoms with Crippen LogP contribution < -0.4 is 9.47 Å². The van der Waals surface area contributed by atoms with Crippen molar-refractivity contribution in [3.63, 3.8) is 0 Å². The molecular formula is C17H14N2O2. The van der Waals surface area contributed by atoms with Crippen LogP contribution in [0, 0.1) is 11.3 Å². The summed E-state index contributed by atoms with van der Waals surface area (Å²) < 4.78 is 10.6. The molecule has 0 aliphatic carbocycles. The van der Waals surface area contributed by atoms with Crippen molar-refractivity contribution in [3.05, 3.63) is 48.0 Å². The molecule has 104 valence electrons. The number of nitriles is 1. The van der Waals surface area contributed by atoms with Gasteiger partial charge in [-0.3, -0.25) is 0 Å². The number of benzene rings is 2. The SMILES string of the molecule is COc1ccc2[nH]c(-c3ccccc3OC)c(C#N)c2c1. The highest BCUT2D eigenvalue weighted by Gasteiger charge is 2.16. The van der Waals surface area contributed by atoms with Crippen LogP contribution in [0.3, 0.4) is 0 Å². The minimum Gasteiger partial charge on any atom is -0.497 e. The lowest BCUT2D eigenvalue weighted by Crippen LogP contribution is -1.89. The summed E-state index contributed by atoms with van der Waals surface area (Å²) in [5.41, 5.74) is 3.12. The number of nitrogens with one attached hydrogen (secondary N) is 1. The quantitative estimate of drug-likeness (QED) is 0.794. The molecule has 3 aromatic rings. The van der Waals surface area contributed by atoms with E-state index in [1.807, 2.05) is 42.5 Å². The number of nitrogens with zero attached hydrogens (tertiary/aromatic N) is 1. The lowest BCUT2D eigenvalue weighted by molar-refractivity contribution is 0.415. The second kappa shape index (κ2) is 5.22. The zero-order valence-corrected chi connectivity index (χ0v) is 11.8. The predicted molar refractivity (Wildman–Crippen MR) is 81.6 cm³/mol. The van der Waals surface area contributed by atoms with E-state index >= 15 is 0 Å². The highest BCUT2D eigenvalue weighted by Crippen LogP contribution is 2.36. The van der Waals surface area contributed by atoms with Gasteiger partial charge < -0.3 is 14.5 Å². The third-order valence-electron chi connectivity index (χ3n) is 3.49. The first-order chi connectivity index (χ1) is 10.3. The summed E-state index contributed by atoms with van der Waals surface area (Å²) >= 11 is 0. The highest BCUT2D eigenvalue weighted by atomic mass is 16.5. The van der Waals surface area contributed by atoms with Crippen molar-refractivity contribution >= 4 is 10.9 Å². The minimum atomic E-state index is 0.591. The molecule has 0 saturated carbocycles. The molecule has 0 atom stereocenters. The average molecular weight is 278 g/mol. The van der Waals surface area contributed by atoms with Gasteiger partial charge in [-0.2, -0.15) is 5.26 Å². The van der Waals surface area contributed by atoms with Crippen LogP contribution in [0.5, 0.6) is 11.5 Å². The van der Waals surface area contributed by atoms with E-state index in [0.717, 1.165) is 33.7 Å². The van der Waals surface area contributed by atoms with Crippen molar-refractivity contribution in [2.75, 3.05) is 14.2 Å². The number of para-hydroxylation sites is 1. The van der Waals surface area contributed by atoms with Crippen LogP contribution in [0.25, 0.3) is 22.2 Å². The maximum Gasteiger partial charge on any atom is 0.128 e. The first kappa shape index (κ1) is 13.1. The van der Waals surface area contributed by atoms with E-state index in [1.165, 1.54) is 0 Å². The van der Waals surface area contributed by atoms with Crippen molar-refractivity contribution in [1.29, 1.82) is 5.26 Å². The molecular weight excluding hydrogens is 264 g/mol. The molecule has 0 aliphatic rings. The third kappa shape index (κ3) is 2.09. The molecule has 3 rings (SSSR count). The van der Waals surface area contributed by atoms with Crippen LogP contribution in [0.4, 0.5) is 0 Å². The number of fused-ring (bicyclic) bond motifs is 1. The fourth-order valence-corrected chi connectivity index (χ4v) is 2.47. The van der Waals surface area contributed by atoms with Gasteiger partial charge in [-0.15, -0.1) is 0 Å². The van der Waals surface area contributed by atoms with Crippen molar-refractivity contribution in [1.82, 2.24) is 4.98 Å². The molecule has 1 aromatic heterocycles. The van der Waals surface area contributed by atoms with Gasteiger partial charge in [-0.1, -0.05) is 12.1 Å². The van der Waals surface area contributed by atoms with E-state index in [2.05, 4.69) is 11.1 Å². The zero-order valence-electron chi connectivity index (χ0n) is 11.8. The largest absolute Gasteiger partial charge is 0.497 e. The lowest BCUT2D eigenvalue weighted by atomic mass is 10.1. The number of rotatable bonds is 3. The summed E-state index contributed by atoms with van der Waals surface area (Å²) in [6, 6.07) is 15.6. The monoisotopic (exact) mass is 278 g/mol. The summed E-state index contributed by atoms with van der Waals surface area (Å²) in [5.74, 6) is 1.46. The molecule has 0 fully saturated rings. The van der Waals surface area contributed by atoms with Crippen LogP contribution >= 0.6 is 0 Å². The van der Waals surface area contributed by atoms with Gasteiger partial charge in [-0.25, -0.2) is 0 Å². The molecule has 0 spiro atoms. The molecule has 2 aromatic carbocycles. The second-order valence-electron chi connectivity index (χ2n) is 4.60. The third-order valence-corrected chi connectivity index (χ3v) is 3.49. The molecule has 0 radical (unpaired) electrons. The Bertz CT molecular complexity index is 844. The molecule has 4 heteroatoms. The van der Waals surface area contributed by atoms with E-state index in [-0.39, 0.29) is 0 Å². The number of H-pyrrole nitrogens is 1. The average Bonchev–Trinajstić information content (AvgIpc) is 2.91. The van der Waals surface area contributed by atoms with Gasteiger partial charge in [-0.05, 0) is 30.3 Å². The van der Waals surface area contributed by atoms with Gasteiger partial charge in [0.1, 0.15) is 17.6 Å². The van der Waals surface area contributed by atoms with Gasteiger partial charge in [0, 0.05) is 16.5 Å². The fourth-order valence-electron chi connectivity index (χ4n) is 2.47. The molecule has 0 unspecified atom stereocenters. The molecule has 0 saturated heterocycles. The molecule has 21 heavy (non-hydrogen) atoms. The Hall–Kier alpha value is -2.93. The van der Waals surface area contributed by atoms with E-state index in [4.69, 9.17) is 9.47 Å². The summed E-state index contributed by atoms with van der Waals surface area (Å²) in [6.07, 6.45) is 0. The van der Waals surface area contributed by atoms with Gasteiger partial charge in [0.25, 0.3) is 0 Å². The van der Waals surface area contributed by atoms with Crippen LogP contribution in [-0.2, 0) is 0 Å². The Morgan fingerprint density at radius 2 is 1.86 bits per heavy atom. The standard InChI is InChI=1S/C17H14N2O2/c1-20-11-7-8-15-13(9-11)14(10-18)17(19-15)12-5-3-4-6-16(12)21-2/h3-9,19H,1-2H3. The van der Waals surface area contributed by atoms with Crippen LogP contribution in [0.2, 0.25) is 0 Å². The Labute approximate surface area is 122 Å². The molecule has 0 amide bonds. The van der Waals surface area contributed by atoms with Crippen molar-refractivity contribution in [3.8, 4) is 28.8 Å². The van der Waals surface area contributed by atoms with Crippen LogP contribution in [0.15, 0.2) is 42.5 Å². The Balaban J connectivity index is 2.31. The van der Waals surface area contributed by atoms with Crippen LogP contribution in [0.1, 0.15) is 5.56 Å². The number of aromatic nitrogens is 1. The van der Waals surface area contributed by atoms with Gasteiger partial charge in [0.05, 0.1) is 25.5 Å². The smallest absolute Gasteiger partial charge is 0.128 e. The van der Waals surface area contributed by atoms with Crippen molar-refractivity contribution < 1.29 is 9.47 Å². The first-order valence-electron chi connectivity index (χ1n) is 6.51. The fraction of sp³-hybridized carbons (Fsp3) is 0.118. The number of ether oxygens (including phenoxy) is 2. The second-order valence-corrected chi connectivity index (χ2v) is 4.60. The summed E-state index contributed by atoms with van der Waals surface area (Å²) in [4.78, 5) is 3.30. The minimum absolute atomic E-state index is 0.591. The van der Waals surface area contributed by atoms with Gasteiger partial charge in [0.15, 0.2) is 0 Å². The van der Waals surface area contributed by atoms with E-state index < -0.39 is 0 Å². The highest BCUT2D eigenvalue weighted by molar-refractivity contribution is 5.95. The molecule has 1 heterocycles. The van der Waals surface area contributed by atoms with E-state index in [0.29, 0.717) is 5.56 Å². The summed E-state index contributed by atoms with van der Waals surface area (Å²) in [5, 5.41) is 10.4. The number of hydrogen-bond acceptors (Lipinski definition) is 3. The van der Waals surface area contributed by atoms with Gasteiger partial charge in [0.2, 0.25) is 0 Å². The molecule has 1 N–H and O–H groups in total. The Morgan fingerprint density at radius 3 is 2.57 bits per heavy atom. The normalized spacial score (nSPS) is 10.3. The summed E-state index contributed by atoms with van der Waals surface area (Å²) in [6.45, 7) is 0.